The van der Waals surface area contributed by atoms with Gasteiger partial charge in [0, 0.05) is 25.4 Å². The lowest BCUT2D eigenvalue weighted by Gasteiger charge is -2.30. The maximum absolute atomic E-state index is 12.1. The summed E-state index contributed by atoms with van der Waals surface area (Å²) in [5.41, 5.74) is 5.28. The van der Waals surface area contributed by atoms with Gasteiger partial charge in [0.2, 0.25) is 5.91 Å². The zero-order chi connectivity index (χ0) is 16.4. The highest BCUT2D eigenvalue weighted by Gasteiger charge is 2.40. The molecule has 1 saturated heterocycles. The van der Waals surface area contributed by atoms with E-state index in [9.17, 15) is 14.4 Å². The second kappa shape index (κ2) is 6.89. The highest BCUT2D eigenvalue weighted by atomic mass is 16.5. The van der Waals surface area contributed by atoms with Crippen LogP contribution < -0.4 is 5.73 Å². The topological polar surface area (TPSA) is 89.7 Å². The van der Waals surface area contributed by atoms with Crippen molar-refractivity contribution in [1.82, 2.24) is 4.90 Å². The molecule has 0 aromatic carbocycles. The van der Waals surface area contributed by atoms with E-state index in [2.05, 4.69) is 0 Å². The van der Waals surface area contributed by atoms with Crippen molar-refractivity contribution in [3.63, 3.8) is 0 Å². The third-order valence-electron chi connectivity index (χ3n) is 5.92. The summed E-state index contributed by atoms with van der Waals surface area (Å²) in [5.74, 6) is 1.11. The molecule has 2 aliphatic carbocycles. The fourth-order valence-electron chi connectivity index (χ4n) is 4.55. The zero-order valence-electron chi connectivity index (χ0n) is 13.5. The maximum atomic E-state index is 12.1. The average molecular weight is 322 g/mol. The van der Waals surface area contributed by atoms with Crippen LogP contribution in [-0.2, 0) is 19.1 Å². The molecular weight excluding hydrogens is 296 g/mol. The lowest BCUT2D eigenvalue weighted by molar-refractivity contribution is -0.153. The molecule has 128 valence electrons. The summed E-state index contributed by atoms with van der Waals surface area (Å²) in [4.78, 5) is 36.8. The molecule has 0 radical (unpaired) electrons. The number of fused-ring (bicyclic) bond motifs is 2. The predicted molar refractivity (Wildman–Crippen MR) is 83.0 cm³/mol. The molecule has 1 heterocycles. The number of hydrogen-bond donors (Lipinski definition) is 1. The molecule has 6 heteroatoms. The van der Waals surface area contributed by atoms with Crippen LogP contribution in [-0.4, -0.2) is 42.4 Å². The third-order valence-corrected chi connectivity index (χ3v) is 5.92. The molecule has 2 amide bonds. The largest absolute Gasteiger partial charge is 0.456 e. The standard InChI is InChI=1S/C17H26N2O4/c18-17(22)12-3-5-19(6-4-12)15(20)10-23-16(21)9-14-8-11-1-2-13(14)7-11/h11-14H,1-10H2,(H2,18,22)/t11-,13+,14-/m1/s1. The van der Waals surface area contributed by atoms with Crippen LogP contribution in [0.15, 0.2) is 0 Å². The van der Waals surface area contributed by atoms with E-state index < -0.39 is 0 Å². The van der Waals surface area contributed by atoms with Crippen LogP contribution in [0.4, 0.5) is 0 Å². The van der Waals surface area contributed by atoms with Gasteiger partial charge in [0.15, 0.2) is 6.61 Å². The van der Waals surface area contributed by atoms with Crippen LogP contribution >= 0.6 is 0 Å². The minimum Gasteiger partial charge on any atom is -0.456 e. The van der Waals surface area contributed by atoms with Gasteiger partial charge >= 0.3 is 5.97 Å². The van der Waals surface area contributed by atoms with Gasteiger partial charge in [-0.1, -0.05) is 6.42 Å². The Hall–Kier alpha value is -1.59. The van der Waals surface area contributed by atoms with Gasteiger partial charge in [-0.15, -0.1) is 0 Å². The molecule has 0 aromatic rings. The quantitative estimate of drug-likeness (QED) is 0.767. The van der Waals surface area contributed by atoms with Gasteiger partial charge < -0.3 is 15.4 Å². The number of carbonyl (C=O) groups is 3. The van der Waals surface area contributed by atoms with Gasteiger partial charge in [-0.2, -0.15) is 0 Å². The van der Waals surface area contributed by atoms with Crippen LogP contribution in [0.25, 0.3) is 0 Å². The van der Waals surface area contributed by atoms with Crippen LogP contribution in [0.2, 0.25) is 0 Å². The number of nitrogens with zero attached hydrogens (tertiary/aromatic N) is 1. The van der Waals surface area contributed by atoms with Crippen LogP contribution in [0.5, 0.6) is 0 Å². The molecule has 6 nitrogen and oxygen atoms in total. The number of ether oxygens (including phenoxy) is 1. The molecular formula is C17H26N2O4. The van der Waals surface area contributed by atoms with E-state index in [1.165, 1.54) is 19.3 Å². The summed E-state index contributed by atoms with van der Waals surface area (Å²) in [7, 11) is 0. The number of nitrogens with two attached hydrogens (primary N) is 1. The number of piperidine rings is 1. The molecule has 3 rings (SSSR count). The zero-order valence-corrected chi connectivity index (χ0v) is 13.5. The van der Waals surface area contributed by atoms with E-state index >= 15 is 0 Å². The first-order valence-corrected chi connectivity index (χ1v) is 8.75. The summed E-state index contributed by atoms with van der Waals surface area (Å²) < 4.78 is 5.18. The summed E-state index contributed by atoms with van der Waals surface area (Å²) in [6, 6.07) is 0. The van der Waals surface area contributed by atoms with Gasteiger partial charge in [0.1, 0.15) is 0 Å². The molecule has 2 saturated carbocycles. The molecule has 0 unspecified atom stereocenters. The molecule has 3 atom stereocenters. The van der Waals surface area contributed by atoms with E-state index in [4.69, 9.17) is 10.5 Å². The normalized spacial score (nSPS) is 30.4. The van der Waals surface area contributed by atoms with E-state index in [0.717, 1.165) is 12.3 Å². The van der Waals surface area contributed by atoms with Crippen molar-refractivity contribution in [3.8, 4) is 0 Å². The number of likely N-dealkylation sites (tertiary alicyclic amines) is 1. The minimum absolute atomic E-state index is 0.139. The van der Waals surface area contributed by atoms with Crippen molar-refractivity contribution in [2.24, 2.45) is 29.4 Å². The van der Waals surface area contributed by atoms with Crippen LogP contribution in [0.3, 0.4) is 0 Å². The molecule has 0 spiro atoms. The van der Waals surface area contributed by atoms with Crippen molar-refractivity contribution in [2.75, 3.05) is 19.7 Å². The van der Waals surface area contributed by atoms with E-state index in [1.807, 2.05) is 0 Å². The fourth-order valence-corrected chi connectivity index (χ4v) is 4.55. The van der Waals surface area contributed by atoms with Crippen molar-refractivity contribution in [2.45, 2.75) is 44.9 Å². The molecule has 3 aliphatic rings. The molecule has 23 heavy (non-hydrogen) atoms. The van der Waals surface area contributed by atoms with Gasteiger partial charge in [0.25, 0.3) is 5.91 Å². The number of esters is 1. The molecule has 2 N–H and O–H groups in total. The summed E-state index contributed by atoms with van der Waals surface area (Å²) in [6.07, 6.45) is 6.63. The Morgan fingerprint density at radius 2 is 1.78 bits per heavy atom. The van der Waals surface area contributed by atoms with Crippen LogP contribution in [0, 0.1) is 23.7 Å². The van der Waals surface area contributed by atoms with E-state index in [-0.39, 0.29) is 30.3 Å². The Labute approximate surface area is 136 Å². The summed E-state index contributed by atoms with van der Waals surface area (Å²) in [5, 5.41) is 0. The molecule has 0 aromatic heterocycles. The number of rotatable bonds is 5. The lowest BCUT2D eigenvalue weighted by atomic mass is 9.86. The minimum atomic E-state index is -0.297. The third kappa shape index (κ3) is 3.85. The second-order valence-electron chi connectivity index (χ2n) is 7.36. The Bertz CT molecular complexity index is 485. The first-order valence-electron chi connectivity index (χ1n) is 8.75. The lowest BCUT2D eigenvalue weighted by Crippen LogP contribution is -2.43. The molecule has 1 aliphatic heterocycles. The van der Waals surface area contributed by atoms with Gasteiger partial charge in [-0.3, -0.25) is 14.4 Å². The Balaban J connectivity index is 1.36. The summed E-state index contributed by atoms with van der Waals surface area (Å²) in [6.45, 7) is 0.841. The van der Waals surface area contributed by atoms with Crippen molar-refractivity contribution < 1.29 is 19.1 Å². The van der Waals surface area contributed by atoms with Gasteiger partial charge in [-0.05, 0) is 49.9 Å². The van der Waals surface area contributed by atoms with E-state index in [1.54, 1.807) is 4.90 Å². The number of primary amides is 1. The van der Waals surface area contributed by atoms with Crippen molar-refractivity contribution in [1.29, 1.82) is 0 Å². The highest BCUT2D eigenvalue weighted by molar-refractivity contribution is 5.81. The SMILES string of the molecule is NC(=O)C1CCN(C(=O)COC(=O)C[C@H]2C[C@@H]3CC[C@H]2C3)CC1. The first-order chi connectivity index (χ1) is 11.0. The number of carbonyl (C=O) groups excluding carboxylic acids is 3. The fraction of sp³-hybridized carbons (Fsp3) is 0.824. The predicted octanol–water partition coefficient (Wildman–Crippen LogP) is 1.08. The second-order valence-corrected chi connectivity index (χ2v) is 7.36. The average Bonchev–Trinajstić information content (AvgIpc) is 3.15. The molecule has 3 fully saturated rings. The van der Waals surface area contributed by atoms with Crippen LogP contribution in [0.1, 0.15) is 44.9 Å². The number of hydrogen-bond acceptors (Lipinski definition) is 4. The smallest absolute Gasteiger partial charge is 0.306 e. The molecule has 2 bridgehead atoms. The monoisotopic (exact) mass is 322 g/mol. The Morgan fingerprint density at radius 3 is 2.35 bits per heavy atom. The first kappa shape index (κ1) is 16.3. The van der Waals surface area contributed by atoms with Crippen molar-refractivity contribution >= 4 is 17.8 Å². The highest BCUT2D eigenvalue weighted by Crippen LogP contribution is 2.49. The Kier molecular flexibility index (Phi) is 4.87. The van der Waals surface area contributed by atoms with E-state index in [0.29, 0.717) is 44.2 Å². The maximum Gasteiger partial charge on any atom is 0.306 e. The van der Waals surface area contributed by atoms with Gasteiger partial charge in [0.05, 0.1) is 0 Å². The van der Waals surface area contributed by atoms with Gasteiger partial charge in [-0.25, -0.2) is 0 Å². The van der Waals surface area contributed by atoms with Crippen molar-refractivity contribution in [3.05, 3.63) is 0 Å². The Morgan fingerprint density at radius 1 is 1.04 bits per heavy atom. The number of amides is 2. The summed E-state index contributed by atoms with van der Waals surface area (Å²) >= 11 is 0.